The summed E-state index contributed by atoms with van der Waals surface area (Å²) < 4.78 is 0.839. The van der Waals surface area contributed by atoms with Crippen molar-refractivity contribution in [1.29, 1.82) is 0 Å². The van der Waals surface area contributed by atoms with Gasteiger partial charge >= 0.3 is 0 Å². The number of aryl methyl sites for hydroxylation is 2. The Labute approximate surface area is 121 Å². The first-order valence-corrected chi connectivity index (χ1v) is 8.26. The minimum Gasteiger partial charge on any atom is -0.297 e. The number of anilines is 1. The molecule has 0 saturated carbocycles. The van der Waals surface area contributed by atoms with Gasteiger partial charge in [0.15, 0.2) is 5.13 Å². The highest BCUT2D eigenvalue weighted by molar-refractivity contribution is 9.10. The highest BCUT2D eigenvalue weighted by Gasteiger charge is 2.18. The van der Waals surface area contributed by atoms with Crippen molar-refractivity contribution >= 4 is 49.6 Å². The van der Waals surface area contributed by atoms with Crippen molar-refractivity contribution in [1.82, 2.24) is 4.98 Å². The van der Waals surface area contributed by atoms with Gasteiger partial charge in [0.25, 0.3) is 5.91 Å². The summed E-state index contributed by atoms with van der Waals surface area (Å²) >= 11 is 6.41. The van der Waals surface area contributed by atoms with Crippen LogP contribution < -0.4 is 5.32 Å². The third-order valence-corrected chi connectivity index (χ3v) is 5.80. The zero-order valence-corrected chi connectivity index (χ0v) is 12.8. The Balaban J connectivity index is 1.79. The van der Waals surface area contributed by atoms with Crippen LogP contribution in [0.1, 0.15) is 33.1 Å². The van der Waals surface area contributed by atoms with Gasteiger partial charge in [0, 0.05) is 9.35 Å². The average Bonchev–Trinajstić information content (AvgIpc) is 2.94. The van der Waals surface area contributed by atoms with E-state index in [9.17, 15) is 4.79 Å². The number of thiazole rings is 1. The molecule has 1 amide bonds. The molecule has 0 radical (unpaired) electrons. The van der Waals surface area contributed by atoms with Gasteiger partial charge in [0.1, 0.15) is 4.88 Å². The summed E-state index contributed by atoms with van der Waals surface area (Å²) in [4.78, 5) is 18.6. The zero-order valence-electron chi connectivity index (χ0n) is 9.53. The van der Waals surface area contributed by atoms with Gasteiger partial charge in [0.2, 0.25) is 0 Å². The average molecular weight is 343 g/mol. The second-order valence-electron chi connectivity index (χ2n) is 4.15. The van der Waals surface area contributed by atoms with Crippen LogP contribution >= 0.6 is 38.6 Å². The van der Waals surface area contributed by atoms with E-state index in [4.69, 9.17) is 0 Å². The summed E-state index contributed by atoms with van der Waals surface area (Å²) in [6.45, 7) is 0. The van der Waals surface area contributed by atoms with Crippen LogP contribution in [0.15, 0.2) is 15.9 Å². The van der Waals surface area contributed by atoms with Gasteiger partial charge < -0.3 is 0 Å². The molecule has 0 unspecified atom stereocenters. The second-order valence-corrected chi connectivity index (χ2v) is 7.00. The largest absolute Gasteiger partial charge is 0.297 e. The number of nitrogens with zero attached hydrogens (tertiary/aromatic N) is 1. The van der Waals surface area contributed by atoms with E-state index in [1.165, 1.54) is 34.7 Å². The first-order valence-electron chi connectivity index (χ1n) is 5.77. The standard InChI is InChI=1S/C12H11BrN2OS2/c13-7-5-6-17-10(7)11(16)15-12-14-8-3-1-2-4-9(8)18-12/h5-6H,1-4H2,(H,14,15,16). The number of halogens is 1. The van der Waals surface area contributed by atoms with Gasteiger partial charge in [-0.15, -0.1) is 22.7 Å². The van der Waals surface area contributed by atoms with Gasteiger partial charge in [-0.25, -0.2) is 4.98 Å². The van der Waals surface area contributed by atoms with Crippen molar-refractivity contribution in [3.63, 3.8) is 0 Å². The smallest absolute Gasteiger partial charge is 0.268 e. The monoisotopic (exact) mass is 342 g/mol. The lowest BCUT2D eigenvalue weighted by atomic mass is 10.0. The fraction of sp³-hybridized carbons (Fsp3) is 0.333. The van der Waals surface area contributed by atoms with E-state index in [2.05, 4.69) is 26.2 Å². The lowest BCUT2D eigenvalue weighted by Gasteiger charge is -2.06. The van der Waals surface area contributed by atoms with E-state index in [1.54, 1.807) is 11.3 Å². The lowest BCUT2D eigenvalue weighted by molar-refractivity contribution is 0.103. The first kappa shape index (κ1) is 12.3. The maximum atomic E-state index is 12.0. The summed E-state index contributed by atoms with van der Waals surface area (Å²) in [5.74, 6) is -0.0806. The summed E-state index contributed by atoms with van der Waals surface area (Å²) in [6, 6.07) is 1.88. The normalized spacial score (nSPS) is 14.3. The van der Waals surface area contributed by atoms with Crippen LogP contribution in [0.4, 0.5) is 5.13 Å². The number of nitrogens with one attached hydrogen (secondary N) is 1. The van der Waals surface area contributed by atoms with Crippen molar-refractivity contribution in [2.75, 3.05) is 5.32 Å². The quantitative estimate of drug-likeness (QED) is 0.892. The number of thiophene rings is 1. The van der Waals surface area contributed by atoms with Crippen LogP contribution in [-0.4, -0.2) is 10.9 Å². The molecule has 0 saturated heterocycles. The van der Waals surface area contributed by atoms with Crippen LogP contribution in [0.5, 0.6) is 0 Å². The van der Waals surface area contributed by atoms with Gasteiger partial charge in [-0.05, 0) is 53.1 Å². The molecule has 3 nitrogen and oxygen atoms in total. The summed E-state index contributed by atoms with van der Waals surface area (Å²) in [6.07, 6.45) is 4.59. The molecule has 2 aromatic rings. The Hall–Kier alpha value is -0.720. The molecule has 1 aliphatic rings. The number of carbonyl (C=O) groups excluding carboxylic acids is 1. The molecule has 3 rings (SSSR count). The van der Waals surface area contributed by atoms with Crippen molar-refractivity contribution in [2.45, 2.75) is 25.7 Å². The second kappa shape index (κ2) is 5.11. The number of fused-ring (bicyclic) bond motifs is 1. The van der Waals surface area contributed by atoms with Crippen LogP contribution in [0.2, 0.25) is 0 Å². The Morgan fingerprint density at radius 2 is 2.22 bits per heavy atom. The third-order valence-electron chi connectivity index (χ3n) is 2.89. The molecular weight excluding hydrogens is 332 g/mol. The summed E-state index contributed by atoms with van der Waals surface area (Å²) in [7, 11) is 0. The maximum Gasteiger partial charge on any atom is 0.268 e. The fourth-order valence-electron chi connectivity index (χ4n) is 2.02. The fourth-order valence-corrected chi connectivity index (χ4v) is 4.51. The number of hydrogen-bond donors (Lipinski definition) is 1. The van der Waals surface area contributed by atoms with Crippen molar-refractivity contribution in [3.05, 3.63) is 31.4 Å². The molecule has 0 atom stereocenters. The summed E-state index contributed by atoms with van der Waals surface area (Å²) in [5.41, 5.74) is 1.17. The van der Waals surface area contributed by atoms with Gasteiger partial charge in [0.05, 0.1) is 5.69 Å². The molecule has 94 valence electrons. The van der Waals surface area contributed by atoms with Gasteiger partial charge in [-0.3, -0.25) is 10.1 Å². The molecular formula is C12H11BrN2OS2. The maximum absolute atomic E-state index is 12.0. The van der Waals surface area contributed by atoms with E-state index in [0.717, 1.165) is 22.4 Å². The number of carbonyl (C=O) groups is 1. The molecule has 18 heavy (non-hydrogen) atoms. The summed E-state index contributed by atoms with van der Waals surface area (Å²) in [5, 5.41) is 5.51. The molecule has 1 aliphatic carbocycles. The number of hydrogen-bond acceptors (Lipinski definition) is 4. The molecule has 0 fully saturated rings. The van der Waals surface area contributed by atoms with Crippen LogP contribution in [0.3, 0.4) is 0 Å². The molecule has 0 aromatic carbocycles. The molecule has 2 heterocycles. The highest BCUT2D eigenvalue weighted by atomic mass is 79.9. The minimum atomic E-state index is -0.0806. The Morgan fingerprint density at radius 3 is 2.94 bits per heavy atom. The predicted octanol–water partition coefficient (Wildman–Crippen LogP) is 4.10. The first-order chi connectivity index (χ1) is 8.74. The number of aromatic nitrogens is 1. The zero-order chi connectivity index (χ0) is 12.5. The molecule has 6 heteroatoms. The lowest BCUT2D eigenvalue weighted by Crippen LogP contribution is -2.10. The Kier molecular flexibility index (Phi) is 3.50. The molecule has 0 aliphatic heterocycles. The van der Waals surface area contributed by atoms with Crippen molar-refractivity contribution in [2.24, 2.45) is 0 Å². The molecule has 1 N–H and O–H groups in total. The van der Waals surface area contributed by atoms with Crippen molar-refractivity contribution in [3.8, 4) is 0 Å². The highest BCUT2D eigenvalue weighted by Crippen LogP contribution is 2.30. The SMILES string of the molecule is O=C(Nc1nc2c(s1)CCCC2)c1sccc1Br. The van der Waals surface area contributed by atoms with Crippen molar-refractivity contribution < 1.29 is 4.79 Å². The Morgan fingerprint density at radius 1 is 1.39 bits per heavy atom. The van der Waals surface area contributed by atoms with E-state index in [1.807, 2.05) is 11.4 Å². The minimum absolute atomic E-state index is 0.0806. The van der Waals surface area contributed by atoms with Crippen LogP contribution in [-0.2, 0) is 12.8 Å². The van der Waals surface area contributed by atoms with E-state index >= 15 is 0 Å². The molecule has 0 spiro atoms. The van der Waals surface area contributed by atoms with Crippen LogP contribution in [0, 0.1) is 0 Å². The van der Waals surface area contributed by atoms with E-state index in [-0.39, 0.29) is 5.91 Å². The molecule has 2 aromatic heterocycles. The third kappa shape index (κ3) is 2.37. The van der Waals surface area contributed by atoms with Gasteiger partial charge in [-0.1, -0.05) is 0 Å². The number of rotatable bonds is 2. The Bertz CT molecular complexity index is 567. The van der Waals surface area contributed by atoms with Gasteiger partial charge in [-0.2, -0.15) is 0 Å². The topological polar surface area (TPSA) is 42.0 Å². The van der Waals surface area contributed by atoms with E-state index < -0.39 is 0 Å². The van der Waals surface area contributed by atoms with Crippen LogP contribution in [0.25, 0.3) is 0 Å². The van der Waals surface area contributed by atoms with E-state index in [0.29, 0.717) is 4.88 Å². The molecule has 0 bridgehead atoms. The number of amides is 1. The predicted molar refractivity (Wildman–Crippen MR) is 78.7 cm³/mol.